The molecule has 0 spiro atoms. The molecule has 9 aromatic rings. The van der Waals surface area contributed by atoms with Gasteiger partial charge in [0.05, 0.1) is 22.4 Å². The monoisotopic (exact) mass is 1080 g/mol. The zero-order valence-electron chi connectivity index (χ0n) is 36.7. The van der Waals surface area contributed by atoms with Crippen molar-refractivity contribution in [2.45, 2.75) is 69.9 Å². The van der Waals surface area contributed by atoms with Gasteiger partial charge in [0.25, 0.3) is 0 Å². The second-order valence-corrected chi connectivity index (χ2v) is 28.8. The third-order valence-corrected chi connectivity index (χ3v) is 15.3. The van der Waals surface area contributed by atoms with E-state index in [4.69, 9.17) is 14.4 Å². The van der Waals surface area contributed by atoms with Crippen LogP contribution < -0.4 is 4.40 Å². The summed E-state index contributed by atoms with van der Waals surface area (Å²) in [5.74, 6) is 8.56. The topological polar surface area (TPSA) is 56.7 Å². The maximum Gasteiger partial charge on any atom is 0 e. The predicted octanol–water partition coefficient (Wildman–Crippen LogP) is 14.1. The molecule has 0 aliphatic carbocycles. The Labute approximate surface area is 383 Å². The smallest absolute Gasteiger partial charge is 0 e. The minimum absolute atomic E-state index is 0. The molecule has 323 valence electrons. The number of benzene rings is 5. The molecular formula is C53H49F3GeIrN4O-2. The van der Waals surface area contributed by atoms with E-state index in [9.17, 15) is 13.2 Å². The third kappa shape index (κ3) is 9.62. The van der Waals surface area contributed by atoms with Gasteiger partial charge in [0.1, 0.15) is 5.69 Å². The van der Waals surface area contributed by atoms with E-state index in [0.29, 0.717) is 33.7 Å². The van der Waals surface area contributed by atoms with Crippen LogP contribution in [0.25, 0.3) is 72.6 Å². The average molecular weight is 1080 g/mol. The second kappa shape index (κ2) is 18.0. The first-order valence-corrected chi connectivity index (χ1v) is 28.3. The number of aromatic nitrogens is 4. The van der Waals surface area contributed by atoms with Crippen molar-refractivity contribution in [3.63, 3.8) is 0 Å². The van der Waals surface area contributed by atoms with Gasteiger partial charge >= 0.3 is 132 Å². The van der Waals surface area contributed by atoms with E-state index in [0.717, 1.165) is 51.6 Å². The largest absolute Gasteiger partial charge is 0 e. The van der Waals surface area contributed by atoms with Crippen LogP contribution in [0.4, 0.5) is 13.2 Å². The molecule has 10 heteroatoms. The zero-order valence-corrected chi connectivity index (χ0v) is 41.1. The van der Waals surface area contributed by atoms with Gasteiger partial charge in [-0.1, -0.05) is 80.3 Å². The number of fused-ring (bicyclic) bond motifs is 4. The maximum absolute atomic E-state index is 13.4. The summed E-state index contributed by atoms with van der Waals surface area (Å²) in [6, 6.07) is 47.3. The van der Waals surface area contributed by atoms with Gasteiger partial charge in [-0.3, -0.25) is 4.98 Å². The number of hydrogen-bond donors (Lipinski definition) is 0. The molecule has 0 bridgehead atoms. The fraction of sp³-hybridized carbons (Fsp3) is 0.226. The summed E-state index contributed by atoms with van der Waals surface area (Å²) < 4.78 is 50.0. The molecule has 0 fully saturated rings. The van der Waals surface area contributed by atoms with Crippen molar-refractivity contribution in [1.29, 1.82) is 0 Å². The fourth-order valence-corrected chi connectivity index (χ4v) is 11.2. The second-order valence-electron chi connectivity index (χ2n) is 18.2. The van der Waals surface area contributed by atoms with Gasteiger partial charge in [-0.25, -0.2) is 4.98 Å². The van der Waals surface area contributed by atoms with Crippen LogP contribution >= 0.6 is 0 Å². The average Bonchev–Trinajstić information content (AvgIpc) is 3.82. The normalized spacial score (nSPS) is 12.1. The Kier molecular flexibility index (Phi) is 13.1. The van der Waals surface area contributed by atoms with Gasteiger partial charge in [-0.05, 0) is 52.9 Å². The standard InChI is InChI=1S/C35H25F3N3O.C18H24GeN.Ir/c1-34(2,3)22-16-18-28(26(20-22)21-10-5-4-6-11-21)41-29-15-8-7-14-27(29)39-32(41)25-13-9-12-23-24-17-19-30(35(36,37)38)40-33(24)42-31(23)25;1-14(2)11-16-12-18(15-9-7-6-8-10-15)20-13-17(16)19(3,4)5;/h4-12,14-20H,1-3H3;6-9,12-14H,11H2,1-5H3;/q2*-1;. The van der Waals surface area contributed by atoms with E-state index in [1.54, 1.807) is 16.5 Å². The fourth-order valence-electron chi connectivity index (χ4n) is 7.91. The summed E-state index contributed by atoms with van der Waals surface area (Å²) in [4.78, 5) is 13.5. The van der Waals surface area contributed by atoms with Crippen LogP contribution in [-0.2, 0) is 38.1 Å². The van der Waals surface area contributed by atoms with Gasteiger partial charge in [-0.15, -0.1) is 18.2 Å². The zero-order chi connectivity index (χ0) is 44.0. The SMILES string of the molecule is CC(C)(C)c1ccc(-n2c(-c3[c-]ccc4c3oc3nc(C(F)(F)F)ccc34)nc3ccccc32)c(-c2ccccc2)c1.CC(C)Cc1cc(-c2[c-]cccc2)nc[c]1[Ge]([CH3])([CH3])[CH3].[Ir]. The number of halogens is 3. The van der Waals surface area contributed by atoms with Crippen molar-refractivity contribution in [3.8, 4) is 39.5 Å². The van der Waals surface area contributed by atoms with Gasteiger partial charge < -0.3 is 8.98 Å². The van der Waals surface area contributed by atoms with E-state index in [1.165, 1.54) is 17.2 Å². The molecule has 0 aliphatic heterocycles. The maximum atomic E-state index is 13.4. The number of nitrogens with zero attached hydrogens (tertiary/aromatic N) is 4. The quantitative estimate of drug-likeness (QED) is 0.118. The summed E-state index contributed by atoms with van der Waals surface area (Å²) in [7, 11) is 0. The molecule has 4 aromatic heterocycles. The first-order chi connectivity index (χ1) is 29.5. The molecule has 63 heavy (non-hydrogen) atoms. The van der Waals surface area contributed by atoms with E-state index < -0.39 is 25.1 Å². The van der Waals surface area contributed by atoms with Gasteiger partial charge in [0, 0.05) is 36.7 Å². The van der Waals surface area contributed by atoms with E-state index >= 15 is 0 Å². The van der Waals surface area contributed by atoms with Crippen molar-refractivity contribution in [1.82, 2.24) is 19.5 Å². The Morgan fingerprint density at radius 3 is 2.17 bits per heavy atom. The first-order valence-electron chi connectivity index (χ1n) is 20.9. The Hall–Kier alpha value is -5.35. The van der Waals surface area contributed by atoms with Crippen LogP contribution in [0.1, 0.15) is 51.4 Å². The molecule has 0 aliphatic rings. The van der Waals surface area contributed by atoms with Crippen LogP contribution in [-0.4, -0.2) is 32.8 Å². The molecule has 9 rings (SSSR count). The van der Waals surface area contributed by atoms with Crippen molar-refractivity contribution >= 4 is 50.8 Å². The number of imidazole rings is 1. The summed E-state index contributed by atoms with van der Waals surface area (Å²) in [5, 5.41) is 1.14. The molecule has 5 nitrogen and oxygen atoms in total. The van der Waals surface area contributed by atoms with Crippen molar-refractivity contribution in [2.24, 2.45) is 5.92 Å². The number of furan rings is 1. The van der Waals surface area contributed by atoms with Crippen LogP contribution in [0.3, 0.4) is 0 Å². The molecule has 0 amide bonds. The molecule has 0 atom stereocenters. The Morgan fingerprint density at radius 2 is 1.49 bits per heavy atom. The molecule has 0 N–H and O–H groups in total. The van der Waals surface area contributed by atoms with E-state index in [1.807, 2.05) is 60.7 Å². The predicted molar refractivity (Wildman–Crippen MR) is 250 cm³/mol. The third-order valence-electron chi connectivity index (χ3n) is 11.0. The molecule has 4 heterocycles. The number of hydrogen-bond acceptors (Lipinski definition) is 4. The number of pyridine rings is 2. The van der Waals surface area contributed by atoms with Crippen LogP contribution in [0.2, 0.25) is 17.3 Å². The van der Waals surface area contributed by atoms with Crippen molar-refractivity contribution < 1.29 is 37.7 Å². The molecule has 0 saturated heterocycles. The van der Waals surface area contributed by atoms with Crippen LogP contribution in [0.15, 0.2) is 138 Å². The van der Waals surface area contributed by atoms with E-state index in [2.05, 4.69) is 122 Å². The minimum atomic E-state index is -4.58. The number of alkyl halides is 3. The Morgan fingerprint density at radius 1 is 0.762 bits per heavy atom. The molecule has 1 radical (unpaired) electrons. The summed E-state index contributed by atoms with van der Waals surface area (Å²) in [5.41, 5.74) is 9.23. The molecular weight excluding hydrogens is 1030 g/mol. The molecule has 0 unspecified atom stereocenters. The molecule has 0 saturated carbocycles. The van der Waals surface area contributed by atoms with Gasteiger partial charge in [-0.2, -0.15) is 13.2 Å². The Balaban J connectivity index is 0.000000239. The number of rotatable bonds is 7. The van der Waals surface area contributed by atoms with Gasteiger partial charge in [0.15, 0.2) is 0 Å². The number of para-hydroxylation sites is 2. The summed E-state index contributed by atoms with van der Waals surface area (Å²) in [6.45, 7) is 11.1. The van der Waals surface area contributed by atoms with Gasteiger partial charge in [0.2, 0.25) is 5.71 Å². The minimum Gasteiger partial charge on any atom is 0 e. The van der Waals surface area contributed by atoms with Crippen LogP contribution in [0.5, 0.6) is 0 Å². The van der Waals surface area contributed by atoms with Crippen molar-refractivity contribution in [2.75, 3.05) is 0 Å². The van der Waals surface area contributed by atoms with E-state index in [-0.39, 0.29) is 31.2 Å². The first kappa shape index (κ1) is 45.7. The Bertz CT molecular complexity index is 3040. The summed E-state index contributed by atoms with van der Waals surface area (Å²) in [6.07, 6.45) is -1.31. The summed E-state index contributed by atoms with van der Waals surface area (Å²) >= 11 is -1.86. The van der Waals surface area contributed by atoms with Crippen molar-refractivity contribution in [3.05, 3.63) is 163 Å². The molecule has 5 aromatic carbocycles. The van der Waals surface area contributed by atoms with Crippen LogP contribution in [0, 0.1) is 18.1 Å².